The summed E-state index contributed by atoms with van der Waals surface area (Å²) in [5.41, 5.74) is -1.71. The average Bonchev–Trinajstić information content (AvgIpc) is 3.37. The number of aliphatic hydroxyl groups excluding tert-OH is 2. The van der Waals surface area contributed by atoms with Crippen LogP contribution in [0.15, 0.2) is 23.5 Å². The number of hydrogen-bond acceptors (Lipinski definition) is 11. The number of nitrogens with one attached hydrogen (secondary N) is 1. The maximum atomic E-state index is 14.4. The number of carbonyl (C=O) groups excluding carboxylic acids is 2. The van der Waals surface area contributed by atoms with Crippen molar-refractivity contribution >= 4 is 44.6 Å². The summed E-state index contributed by atoms with van der Waals surface area (Å²) in [4.78, 5) is 28.9. The van der Waals surface area contributed by atoms with Crippen LogP contribution in [0.3, 0.4) is 0 Å². The van der Waals surface area contributed by atoms with Gasteiger partial charge in [0.25, 0.3) is 0 Å². The number of hydrogen-bond donors (Lipinski definition) is 7. The van der Waals surface area contributed by atoms with E-state index in [0.29, 0.717) is 44.5 Å². The number of Topliss-reactive ketones (excluding diaryl/α,β-unsaturated/α-hetero) is 2. The maximum Gasteiger partial charge on any atom is 0.217 e. The minimum Gasteiger partial charge on any atom is -0.507 e. The Hall–Kier alpha value is -5.58. The van der Waals surface area contributed by atoms with Crippen molar-refractivity contribution in [3.63, 3.8) is 0 Å². The molecule has 4 aromatic carbocycles. The fourth-order valence-corrected chi connectivity index (χ4v) is 8.12. The molecular weight excluding hydrogens is 630 g/mol. The van der Waals surface area contributed by atoms with Gasteiger partial charge in [-0.05, 0) is 51.0 Å². The molecule has 4 aromatic rings. The highest BCUT2D eigenvalue weighted by molar-refractivity contribution is 6.30. The Labute approximate surface area is 280 Å². The van der Waals surface area contributed by atoms with Crippen molar-refractivity contribution in [2.75, 3.05) is 0 Å². The van der Waals surface area contributed by atoms with Crippen LogP contribution in [-0.4, -0.2) is 54.4 Å². The van der Waals surface area contributed by atoms with E-state index in [0.717, 1.165) is 0 Å². The molecule has 0 fully saturated rings. The molecular formula is C38H35NO10. The number of aryl methyl sites for hydroxylation is 2. The molecule has 7 N–H and O–H groups in total. The Kier molecular flexibility index (Phi) is 5.71. The third kappa shape index (κ3) is 3.42. The van der Waals surface area contributed by atoms with Crippen molar-refractivity contribution in [3.8, 4) is 34.5 Å². The fraction of sp³-hybridized carbons (Fsp3) is 0.316. The molecule has 0 amide bonds. The van der Waals surface area contributed by atoms with Crippen molar-refractivity contribution in [3.05, 3.63) is 68.0 Å². The van der Waals surface area contributed by atoms with Crippen LogP contribution in [0.2, 0.25) is 0 Å². The van der Waals surface area contributed by atoms with Crippen molar-refractivity contribution in [1.29, 1.82) is 0 Å². The molecule has 0 unspecified atom stereocenters. The molecule has 0 radical (unpaired) electrons. The van der Waals surface area contributed by atoms with Crippen LogP contribution in [0.25, 0.3) is 33.1 Å². The first kappa shape index (κ1) is 30.7. The van der Waals surface area contributed by atoms with Gasteiger partial charge < -0.3 is 45.4 Å². The molecule has 0 saturated heterocycles. The number of aliphatic hydroxyl groups is 2. The summed E-state index contributed by atoms with van der Waals surface area (Å²) in [6, 6.07) is 2.82. The molecule has 0 saturated carbocycles. The Morgan fingerprint density at radius 2 is 0.939 bits per heavy atom. The van der Waals surface area contributed by atoms with Gasteiger partial charge in [0.15, 0.2) is 11.5 Å². The van der Waals surface area contributed by atoms with Crippen LogP contribution in [0.1, 0.15) is 95.6 Å². The predicted octanol–water partition coefficient (Wildman–Crippen LogP) is 6.68. The molecule has 8 rings (SSSR count). The number of rotatable bonds is 2. The summed E-state index contributed by atoms with van der Waals surface area (Å²) in [7, 11) is 0. The lowest BCUT2D eigenvalue weighted by Crippen LogP contribution is -2.32. The molecule has 49 heavy (non-hydrogen) atoms. The van der Waals surface area contributed by atoms with Gasteiger partial charge in [-0.1, -0.05) is 27.7 Å². The molecule has 11 heteroatoms. The topological polar surface area (TPSA) is 186 Å². The Balaban J connectivity index is 1.39. The van der Waals surface area contributed by atoms with Crippen LogP contribution in [0.4, 0.5) is 0 Å². The zero-order valence-corrected chi connectivity index (χ0v) is 28.1. The highest BCUT2D eigenvalue weighted by atomic mass is 16.5. The number of benzene rings is 4. The van der Waals surface area contributed by atoms with Crippen molar-refractivity contribution in [2.45, 2.75) is 78.4 Å². The standard InChI is InChI=1S/C38H35NO10/c1-11-9-15(40)19-21-17(11)35-25(37(5,6)13(3)48-35)29(42)23(21)33(46)27(31(19)44)39-28-32(45)20-16(41)10-12(2)18-22(20)24(34(28)47)30(43)26-36(18)49-14(4)38(26,7)8/h9-10,13-14,39-45H,1-8H3/t13-,14+. The van der Waals surface area contributed by atoms with Crippen LogP contribution in [-0.2, 0) is 10.8 Å². The Morgan fingerprint density at radius 1 is 0.592 bits per heavy atom. The number of phenolic OH excluding ortho intramolecular Hbond substituents is 4. The molecule has 0 aromatic heterocycles. The molecule has 11 nitrogen and oxygen atoms in total. The fourth-order valence-electron chi connectivity index (χ4n) is 8.12. The molecule has 2 heterocycles. The van der Waals surface area contributed by atoms with Gasteiger partial charge in [-0.2, -0.15) is 0 Å². The first-order valence-electron chi connectivity index (χ1n) is 16.0. The normalized spacial score (nSPS) is 21.3. The zero-order valence-electron chi connectivity index (χ0n) is 28.1. The summed E-state index contributed by atoms with van der Waals surface area (Å²) < 4.78 is 12.4. The van der Waals surface area contributed by atoms with E-state index >= 15 is 0 Å². The maximum absolute atomic E-state index is 14.4. The molecule has 252 valence electrons. The quantitative estimate of drug-likeness (QED) is 0.121. The van der Waals surface area contributed by atoms with Gasteiger partial charge in [-0.15, -0.1) is 0 Å². The second-order valence-corrected chi connectivity index (χ2v) is 14.7. The van der Waals surface area contributed by atoms with Crippen LogP contribution in [0, 0.1) is 13.8 Å². The van der Waals surface area contributed by atoms with Gasteiger partial charge in [-0.25, -0.2) is 0 Å². The third-order valence-corrected chi connectivity index (χ3v) is 11.4. The van der Waals surface area contributed by atoms with Crippen LogP contribution >= 0.6 is 0 Å². The van der Waals surface area contributed by atoms with Crippen LogP contribution in [0.5, 0.6) is 34.5 Å². The molecule has 2 aliphatic carbocycles. The van der Waals surface area contributed by atoms with Gasteiger partial charge in [0.05, 0.1) is 22.3 Å². The van der Waals surface area contributed by atoms with Gasteiger partial charge in [0, 0.05) is 43.5 Å². The van der Waals surface area contributed by atoms with E-state index in [2.05, 4.69) is 5.32 Å². The van der Waals surface area contributed by atoms with Gasteiger partial charge >= 0.3 is 0 Å². The summed E-state index contributed by atoms with van der Waals surface area (Å²) in [5, 5.41) is 72.8. The molecule has 0 bridgehead atoms. The first-order chi connectivity index (χ1) is 22.8. The first-order valence-corrected chi connectivity index (χ1v) is 16.0. The van der Waals surface area contributed by atoms with E-state index in [1.165, 1.54) is 12.1 Å². The monoisotopic (exact) mass is 665 g/mol. The van der Waals surface area contributed by atoms with E-state index in [4.69, 9.17) is 9.47 Å². The smallest absolute Gasteiger partial charge is 0.217 e. The van der Waals surface area contributed by atoms with E-state index in [-0.39, 0.29) is 33.0 Å². The van der Waals surface area contributed by atoms with E-state index in [9.17, 15) is 40.2 Å². The summed E-state index contributed by atoms with van der Waals surface area (Å²) in [6.45, 7) is 14.6. The lowest BCUT2D eigenvalue weighted by Gasteiger charge is -2.29. The van der Waals surface area contributed by atoms with E-state index in [1.807, 2.05) is 41.5 Å². The number of aromatic hydroxyl groups is 4. The van der Waals surface area contributed by atoms with E-state index < -0.39 is 80.5 Å². The Bertz CT molecular complexity index is 2240. The summed E-state index contributed by atoms with van der Waals surface area (Å²) >= 11 is 0. The highest BCUT2D eigenvalue weighted by Gasteiger charge is 2.49. The second-order valence-electron chi connectivity index (χ2n) is 14.7. The summed E-state index contributed by atoms with van der Waals surface area (Å²) in [6.07, 6.45) is -0.792. The number of ketones is 2. The number of carbonyl (C=O) groups is 2. The lowest BCUT2D eigenvalue weighted by molar-refractivity contribution is 0.101. The minimum atomic E-state index is -0.922. The lowest BCUT2D eigenvalue weighted by atomic mass is 9.76. The second kappa shape index (κ2) is 9.10. The minimum absolute atomic E-state index is 0.0765. The van der Waals surface area contributed by atoms with Gasteiger partial charge in [0.1, 0.15) is 58.1 Å². The van der Waals surface area contributed by atoms with Crippen molar-refractivity contribution in [1.82, 2.24) is 5.32 Å². The number of phenols is 4. The van der Waals surface area contributed by atoms with Crippen molar-refractivity contribution in [2.24, 2.45) is 0 Å². The molecule has 2 aliphatic heterocycles. The molecule has 0 spiro atoms. The Morgan fingerprint density at radius 3 is 1.29 bits per heavy atom. The number of ether oxygens (including phenoxy) is 2. The van der Waals surface area contributed by atoms with Crippen LogP contribution < -0.4 is 14.8 Å². The number of fused-ring (bicyclic) bond motifs is 4. The third-order valence-electron chi connectivity index (χ3n) is 11.4. The SMILES string of the molecule is Cc1cc(O)c2c3c(c(O)c4c(c13)O[C@@H](C)C4(C)C)C(=O)C(NC1=C(O)c3c(O)cc(C)c4c5c(c(O)c(c34)C1=O)C(C)(C)[C@@H](C)O5)=C2O. The van der Waals surface area contributed by atoms with E-state index in [1.54, 1.807) is 13.8 Å². The predicted molar refractivity (Wildman–Crippen MR) is 181 cm³/mol. The number of allylic oxidation sites excluding steroid dienone is 2. The average molecular weight is 666 g/mol. The summed E-state index contributed by atoms with van der Waals surface area (Å²) in [5.74, 6) is -4.27. The van der Waals surface area contributed by atoms with Crippen molar-refractivity contribution < 1.29 is 49.7 Å². The zero-order chi connectivity index (χ0) is 35.5. The molecule has 2 atom stereocenters. The van der Waals surface area contributed by atoms with Gasteiger partial charge in [-0.3, -0.25) is 9.59 Å². The highest BCUT2D eigenvalue weighted by Crippen LogP contribution is 2.59. The largest absolute Gasteiger partial charge is 0.507 e. The molecule has 4 aliphatic rings. The van der Waals surface area contributed by atoms with Gasteiger partial charge in [0.2, 0.25) is 11.6 Å².